The van der Waals surface area contributed by atoms with Crippen LogP contribution >= 0.6 is 11.6 Å². The van der Waals surface area contributed by atoms with E-state index in [0.29, 0.717) is 16.5 Å². The minimum absolute atomic E-state index is 0.320. The van der Waals surface area contributed by atoms with Crippen LogP contribution in [0.1, 0.15) is 28.8 Å². The van der Waals surface area contributed by atoms with E-state index in [2.05, 4.69) is 15.4 Å². The van der Waals surface area contributed by atoms with Gasteiger partial charge in [0.25, 0.3) is 0 Å². The first kappa shape index (κ1) is 18.2. The third-order valence-corrected chi connectivity index (χ3v) is 6.05. The summed E-state index contributed by atoms with van der Waals surface area (Å²) in [5.41, 5.74) is 3.84. The topological polar surface area (TPSA) is 52.0 Å². The van der Waals surface area contributed by atoms with Crippen molar-refractivity contribution < 1.29 is 9.13 Å². The number of ether oxygens (including phenoxy) is 1. The lowest BCUT2D eigenvalue weighted by Gasteiger charge is -2.39. The second-order valence-electron chi connectivity index (χ2n) is 7.42. The monoisotopic (exact) mass is 430 g/mol. The molecule has 0 spiro atoms. The zero-order chi connectivity index (χ0) is 20.9. The van der Waals surface area contributed by atoms with Gasteiger partial charge < -0.3 is 10.1 Å². The van der Waals surface area contributed by atoms with Crippen LogP contribution in [0.5, 0.6) is 5.75 Å². The Hall–Kier alpha value is -3.64. The second-order valence-corrected chi connectivity index (χ2v) is 7.83. The van der Waals surface area contributed by atoms with E-state index in [1.807, 2.05) is 54.6 Å². The molecule has 2 atom stereocenters. The molecule has 3 aromatic carbocycles. The molecule has 0 amide bonds. The Kier molecular flexibility index (Phi) is 4.07. The zero-order valence-corrected chi connectivity index (χ0v) is 16.9. The first-order valence-electron chi connectivity index (χ1n) is 9.88. The third-order valence-electron chi connectivity index (χ3n) is 5.71. The van der Waals surface area contributed by atoms with E-state index in [4.69, 9.17) is 16.3 Å². The van der Waals surface area contributed by atoms with E-state index < -0.39 is 12.1 Å². The van der Waals surface area contributed by atoms with Gasteiger partial charge in [-0.15, -0.1) is 0 Å². The van der Waals surface area contributed by atoms with E-state index in [1.54, 1.807) is 16.8 Å². The lowest BCUT2D eigenvalue weighted by atomic mass is 9.84. The molecule has 1 N–H and O–H groups in total. The molecule has 2 aliphatic heterocycles. The highest BCUT2D eigenvalue weighted by molar-refractivity contribution is 6.31. The second kappa shape index (κ2) is 6.96. The van der Waals surface area contributed by atoms with Crippen molar-refractivity contribution in [2.75, 3.05) is 5.32 Å². The number of para-hydroxylation sites is 1. The predicted molar refractivity (Wildman–Crippen MR) is 116 cm³/mol. The van der Waals surface area contributed by atoms with Crippen LogP contribution < -0.4 is 10.1 Å². The zero-order valence-electron chi connectivity index (χ0n) is 16.2. The molecule has 4 aromatic rings. The predicted octanol–water partition coefficient (Wildman–Crippen LogP) is 5.63. The van der Waals surface area contributed by atoms with Crippen molar-refractivity contribution in [2.45, 2.75) is 12.1 Å². The third kappa shape index (κ3) is 2.75. The molecule has 0 saturated carbocycles. The van der Waals surface area contributed by atoms with Crippen LogP contribution in [0, 0.1) is 5.82 Å². The average Bonchev–Trinajstić information content (AvgIpc) is 3.26. The highest BCUT2D eigenvalue weighted by Gasteiger charge is 2.42. The minimum Gasteiger partial charge on any atom is -0.480 e. The Balaban J connectivity index is 1.67. The number of nitrogens with zero attached hydrogens (tertiary/aromatic N) is 3. The maximum Gasteiger partial charge on any atom is 0.226 e. The number of halogens is 2. The molecule has 3 heterocycles. The summed E-state index contributed by atoms with van der Waals surface area (Å²) in [4.78, 5) is 4.36. The summed E-state index contributed by atoms with van der Waals surface area (Å²) in [6.07, 6.45) is 0.930. The minimum atomic E-state index is -0.551. The Morgan fingerprint density at radius 1 is 0.935 bits per heavy atom. The van der Waals surface area contributed by atoms with Gasteiger partial charge in [0.1, 0.15) is 23.9 Å². The molecule has 0 radical (unpaired) electrons. The molecule has 0 fully saturated rings. The summed E-state index contributed by atoms with van der Waals surface area (Å²) in [6.45, 7) is 0. The largest absolute Gasteiger partial charge is 0.480 e. The number of rotatable bonds is 2. The number of fused-ring (bicyclic) bond motifs is 3. The number of benzene rings is 3. The summed E-state index contributed by atoms with van der Waals surface area (Å²) in [5.74, 6) is 0.944. The molecule has 5 nitrogen and oxygen atoms in total. The number of hydrogen-bond donors (Lipinski definition) is 1. The molecule has 0 saturated heterocycles. The molecule has 152 valence electrons. The highest BCUT2D eigenvalue weighted by Crippen LogP contribution is 2.51. The fourth-order valence-electron chi connectivity index (χ4n) is 4.36. The van der Waals surface area contributed by atoms with Crippen molar-refractivity contribution in [2.24, 2.45) is 0 Å². The van der Waals surface area contributed by atoms with Gasteiger partial charge in [-0.25, -0.2) is 9.07 Å². The maximum absolute atomic E-state index is 15.1. The number of hydrogen-bond acceptors (Lipinski definition) is 4. The molecule has 31 heavy (non-hydrogen) atoms. The first-order chi connectivity index (χ1) is 15.2. The van der Waals surface area contributed by atoms with Crippen LogP contribution in [0.4, 0.5) is 10.3 Å². The van der Waals surface area contributed by atoms with Gasteiger partial charge in [-0.2, -0.15) is 10.1 Å². The van der Waals surface area contributed by atoms with Crippen LogP contribution in [0.2, 0.25) is 5.02 Å². The van der Waals surface area contributed by atoms with Gasteiger partial charge in [-0.1, -0.05) is 60.1 Å². The number of nitrogens with one attached hydrogen (secondary N) is 1. The average molecular weight is 431 g/mol. The molecule has 2 unspecified atom stereocenters. The molecular weight excluding hydrogens is 415 g/mol. The van der Waals surface area contributed by atoms with Crippen LogP contribution in [0.15, 0.2) is 84.7 Å². The van der Waals surface area contributed by atoms with E-state index in [1.165, 1.54) is 12.4 Å². The van der Waals surface area contributed by atoms with E-state index in [0.717, 1.165) is 28.1 Å². The summed E-state index contributed by atoms with van der Waals surface area (Å²) < 4.78 is 23.2. The summed E-state index contributed by atoms with van der Waals surface area (Å²) in [5, 5.41) is 8.38. The van der Waals surface area contributed by atoms with Crippen molar-refractivity contribution in [1.82, 2.24) is 14.8 Å². The smallest absolute Gasteiger partial charge is 0.226 e. The standard InChI is InChI=1S/C24H16ClFN4O/c25-17-10-4-1-7-14(17)23-20-21(16-9-3-6-12-19(16)31-23)29-24-27-13-28-30(24)22(20)15-8-2-5-11-18(15)26/h1-13,22-23H,(H,27,28,29). The highest BCUT2D eigenvalue weighted by atomic mass is 35.5. The van der Waals surface area contributed by atoms with Gasteiger partial charge in [-0.05, 0) is 24.3 Å². The Bertz CT molecular complexity index is 1350. The maximum atomic E-state index is 15.1. The Morgan fingerprint density at radius 3 is 2.52 bits per heavy atom. The lowest BCUT2D eigenvalue weighted by molar-refractivity contribution is 0.222. The molecule has 7 heteroatoms. The van der Waals surface area contributed by atoms with Gasteiger partial charge in [0.2, 0.25) is 5.95 Å². The fraction of sp³-hybridized carbons (Fsp3) is 0.0833. The van der Waals surface area contributed by atoms with Crippen LogP contribution in [-0.2, 0) is 0 Å². The van der Waals surface area contributed by atoms with Crippen LogP contribution in [0.25, 0.3) is 5.70 Å². The van der Waals surface area contributed by atoms with Gasteiger partial charge in [0, 0.05) is 27.3 Å². The normalized spacial score (nSPS) is 19.0. The Morgan fingerprint density at radius 2 is 1.68 bits per heavy atom. The molecule has 2 aliphatic rings. The van der Waals surface area contributed by atoms with Gasteiger partial charge in [0.05, 0.1) is 5.70 Å². The summed E-state index contributed by atoms with van der Waals surface area (Å²) >= 11 is 6.59. The summed E-state index contributed by atoms with van der Waals surface area (Å²) in [7, 11) is 0. The van der Waals surface area contributed by atoms with Crippen molar-refractivity contribution in [3.63, 3.8) is 0 Å². The van der Waals surface area contributed by atoms with E-state index in [9.17, 15) is 0 Å². The molecular formula is C24H16ClFN4O. The van der Waals surface area contributed by atoms with Gasteiger partial charge in [-0.3, -0.25) is 0 Å². The molecule has 1 aromatic heterocycles. The van der Waals surface area contributed by atoms with Crippen LogP contribution in [-0.4, -0.2) is 14.8 Å². The van der Waals surface area contributed by atoms with Crippen LogP contribution in [0.3, 0.4) is 0 Å². The lowest BCUT2D eigenvalue weighted by Crippen LogP contribution is -2.33. The summed E-state index contributed by atoms with van der Waals surface area (Å²) in [6, 6.07) is 21.5. The number of anilines is 1. The first-order valence-corrected chi connectivity index (χ1v) is 10.3. The van der Waals surface area contributed by atoms with Gasteiger partial charge in [0.15, 0.2) is 6.10 Å². The molecule has 0 aliphatic carbocycles. The number of aromatic nitrogens is 3. The van der Waals surface area contributed by atoms with Crippen molar-refractivity contribution in [3.05, 3.63) is 112 Å². The molecule has 6 rings (SSSR count). The van der Waals surface area contributed by atoms with Crippen molar-refractivity contribution >= 4 is 23.2 Å². The van der Waals surface area contributed by atoms with E-state index in [-0.39, 0.29) is 5.82 Å². The Labute approximate surface area is 182 Å². The van der Waals surface area contributed by atoms with Crippen molar-refractivity contribution in [3.8, 4) is 5.75 Å². The van der Waals surface area contributed by atoms with Crippen molar-refractivity contribution in [1.29, 1.82) is 0 Å². The molecule has 0 bridgehead atoms. The van der Waals surface area contributed by atoms with E-state index >= 15 is 4.39 Å². The fourth-order valence-corrected chi connectivity index (χ4v) is 4.59. The van der Waals surface area contributed by atoms with Gasteiger partial charge >= 0.3 is 0 Å². The SMILES string of the molecule is Fc1ccccc1C1C2=C(Nc3ncnn31)c1ccccc1OC2c1ccccc1Cl. The quantitative estimate of drug-likeness (QED) is 0.447.